The number of nitrogens with zero attached hydrogens (tertiary/aromatic N) is 1. The number of rotatable bonds is 5. The molecule has 22 heavy (non-hydrogen) atoms. The molecule has 1 atom stereocenters. The molecule has 1 aromatic rings. The summed E-state index contributed by atoms with van der Waals surface area (Å²) in [5.41, 5.74) is 0.550. The van der Waals surface area contributed by atoms with E-state index in [-0.39, 0.29) is 11.9 Å². The highest BCUT2D eigenvalue weighted by molar-refractivity contribution is 6.32. The molecule has 120 valence electrons. The molecule has 1 fully saturated rings. The maximum Gasteiger partial charge on any atom is 0.324 e. The largest absolute Gasteiger partial charge is 0.495 e. The molecule has 2 N–H and O–H groups in total. The van der Waals surface area contributed by atoms with Crippen molar-refractivity contribution in [2.45, 2.75) is 13.0 Å². The van der Waals surface area contributed by atoms with Gasteiger partial charge in [0.2, 0.25) is 0 Å². The van der Waals surface area contributed by atoms with Crippen molar-refractivity contribution in [3.63, 3.8) is 0 Å². The lowest BCUT2D eigenvalue weighted by molar-refractivity contribution is -0.128. The molecule has 0 aromatic heterocycles. The van der Waals surface area contributed by atoms with Crippen molar-refractivity contribution in [3.8, 4) is 11.5 Å². The van der Waals surface area contributed by atoms with Gasteiger partial charge in [0.25, 0.3) is 5.91 Å². The molecule has 1 aliphatic heterocycles. The number of benzene rings is 1. The van der Waals surface area contributed by atoms with Gasteiger partial charge in [-0.05, 0) is 13.0 Å². The Hall–Kier alpha value is -2.15. The second-order valence-electron chi connectivity index (χ2n) is 4.77. The Labute approximate surface area is 133 Å². The van der Waals surface area contributed by atoms with E-state index < -0.39 is 6.04 Å². The lowest BCUT2D eigenvalue weighted by atomic mass is 10.2. The van der Waals surface area contributed by atoms with Crippen LogP contribution in [0.25, 0.3) is 0 Å². The van der Waals surface area contributed by atoms with Crippen LogP contribution in [0.2, 0.25) is 5.02 Å². The van der Waals surface area contributed by atoms with Crippen LogP contribution in [-0.2, 0) is 4.79 Å². The van der Waals surface area contributed by atoms with E-state index in [1.54, 1.807) is 19.1 Å². The van der Waals surface area contributed by atoms with Crippen molar-refractivity contribution in [2.24, 2.45) is 0 Å². The number of hydrogen-bond donors (Lipinski definition) is 2. The van der Waals surface area contributed by atoms with Crippen molar-refractivity contribution < 1.29 is 19.1 Å². The van der Waals surface area contributed by atoms with Gasteiger partial charge in [-0.2, -0.15) is 0 Å². The van der Waals surface area contributed by atoms with Gasteiger partial charge in [-0.1, -0.05) is 11.6 Å². The maximum absolute atomic E-state index is 12.3. The highest BCUT2D eigenvalue weighted by atomic mass is 35.5. The zero-order valence-corrected chi connectivity index (χ0v) is 13.4. The second-order valence-corrected chi connectivity index (χ2v) is 5.18. The first-order valence-corrected chi connectivity index (χ1v) is 7.13. The fourth-order valence-corrected chi connectivity index (χ4v) is 2.42. The molecule has 1 aliphatic rings. The van der Waals surface area contributed by atoms with Gasteiger partial charge in [-0.15, -0.1) is 0 Å². The van der Waals surface area contributed by atoms with E-state index in [4.69, 9.17) is 21.1 Å². The molecule has 8 heteroatoms. The summed E-state index contributed by atoms with van der Waals surface area (Å²) < 4.78 is 10.4. The van der Waals surface area contributed by atoms with Crippen LogP contribution in [0.1, 0.15) is 6.92 Å². The Morgan fingerprint density at radius 3 is 2.59 bits per heavy atom. The summed E-state index contributed by atoms with van der Waals surface area (Å²) in [6.07, 6.45) is 0. The Morgan fingerprint density at radius 1 is 1.36 bits per heavy atom. The third-order valence-corrected chi connectivity index (χ3v) is 3.63. The van der Waals surface area contributed by atoms with Gasteiger partial charge < -0.3 is 20.1 Å². The van der Waals surface area contributed by atoms with Gasteiger partial charge in [0.05, 0.1) is 24.9 Å². The summed E-state index contributed by atoms with van der Waals surface area (Å²) in [5.74, 6) is 0.651. The summed E-state index contributed by atoms with van der Waals surface area (Å²) in [7, 11) is 3.01. The van der Waals surface area contributed by atoms with Gasteiger partial charge in [0.15, 0.2) is 0 Å². The highest BCUT2D eigenvalue weighted by Crippen LogP contribution is 2.36. The number of carbonyl (C=O) groups excluding carboxylic acids is 2. The van der Waals surface area contributed by atoms with Crippen LogP contribution in [0.4, 0.5) is 10.5 Å². The lowest BCUT2D eigenvalue weighted by Crippen LogP contribution is -2.43. The van der Waals surface area contributed by atoms with Gasteiger partial charge in [-0.3, -0.25) is 9.69 Å². The number of anilines is 1. The van der Waals surface area contributed by atoms with Crippen LogP contribution in [0.3, 0.4) is 0 Å². The first kappa shape index (κ1) is 16.2. The summed E-state index contributed by atoms with van der Waals surface area (Å²) >= 11 is 6.09. The second kappa shape index (κ2) is 6.74. The van der Waals surface area contributed by atoms with Gasteiger partial charge in [0.1, 0.15) is 17.5 Å². The van der Waals surface area contributed by atoms with Crippen molar-refractivity contribution in [1.82, 2.24) is 10.2 Å². The first-order valence-electron chi connectivity index (χ1n) is 6.75. The van der Waals surface area contributed by atoms with Crippen LogP contribution in [0.15, 0.2) is 12.1 Å². The molecule has 0 saturated carbocycles. The van der Waals surface area contributed by atoms with Gasteiger partial charge >= 0.3 is 6.03 Å². The predicted molar refractivity (Wildman–Crippen MR) is 82.8 cm³/mol. The van der Waals surface area contributed by atoms with Gasteiger partial charge in [0, 0.05) is 19.2 Å². The van der Waals surface area contributed by atoms with Crippen LogP contribution < -0.4 is 20.1 Å². The number of hydrogen-bond acceptors (Lipinski definition) is 5. The standard InChI is InChI=1S/C14H18ClN3O4/c1-8(13(19)18-5-4-16-14(18)20)17-10-6-9(15)11(21-2)7-12(10)22-3/h6-8,17H,4-5H2,1-3H3,(H,16,20)/t8-/m1/s1. The number of carbonyl (C=O) groups is 2. The minimum absolute atomic E-state index is 0.316. The summed E-state index contributed by atoms with van der Waals surface area (Å²) in [6.45, 7) is 2.50. The summed E-state index contributed by atoms with van der Waals surface area (Å²) in [5, 5.41) is 6.00. The van der Waals surface area contributed by atoms with Crippen LogP contribution in [-0.4, -0.2) is 50.2 Å². The molecule has 1 aromatic carbocycles. The molecule has 0 bridgehead atoms. The summed E-state index contributed by atoms with van der Waals surface area (Å²) in [4.78, 5) is 25.0. The molecule has 1 saturated heterocycles. The van der Waals surface area contributed by atoms with E-state index in [0.29, 0.717) is 35.3 Å². The molecule has 3 amide bonds. The number of amides is 3. The Balaban J connectivity index is 2.17. The predicted octanol–water partition coefficient (Wildman–Crippen LogP) is 1.71. The molecule has 0 radical (unpaired) electrons. The molecule has 2 rings (SSSR count). The molecule has 1 heterocycles. The van der Waals surface area contributed by atoms with Crippen LogP contribution >= 0.6 is 11.6 Å². The number of halogens is 1. The molecular weight excluding hydrogens is 310 g/mol. The minimum Gasteiger partial charge on any atom is -0.495 e. The number of methoxy groups -OCH3 is 2. The zero-order valence-electron chi connectivity index (χ0n) is 12.6. The van der Waals surface area contributed by atoms with Crippen molar-refractivity contribution in [3.05, 3.63) is 17.2 Å². The zero-order chi connectivity index (χ0) is 16.3. The molecule has 0 spiro atoms. The topological polar surface area (TPSA) is 79.9 Å². The molecule has 0 aliphatic carbocycles. The number of ether oxygens (including phenoxy) is 2. The van der Waals surface area contributed by atoms with Crippen LogP contribution in [0, 0.1) is 0 Å². The van der Waals surface area contributed by atoms with E-state index in [2.05, 4.69) is 10.6 Å². The number of urea groups is 1. The Bertz CT molecular complexity index is 594. The fraction of sp³-hybridized carbons (Fsp3) is 0.429. The Morgan fingerprint density at radius 2 is 2.05 bits per heavy atom. The lowest BCUT2D eigenvalue weighted by Gasteiger charge is -2.21. The highest BCUT2D eigenvalue weighted by Gasteiger charge is 2.30. The van der Waals surface area contributed by atoms with Gasteiger partial charge in [-0.25, -0.2) is 4.79 Å². The SMILES string of the molecule is COc1cc(OC)c(N[C@H](C)C(=O)N2CCNC2=O)cc1Cl. The molecule has 7 nitrogen and oxygen atoms in total. The molecule has 0 unspecified atom stereocenters. The average molecular weight is 328 g/mol. The quantitative estimate of drug-likeness (QED) is 0.860. The summed E-state index contributed by atoms with van der Waals surface area (Å²) in [6, 6.07) is 2.26. The number of imide groups is 1. The fourth-order valence-electron chi connectivity index (χ4n) is 2.18. The molecular formula is C14H18ClN3O4. The normalized spacial score (nSPS) is 15.3. The van der Waals surface area contributed by atoms with Crippen molar-refractivity contribution >= 4 is 29.2 Å². The van der Waals surface area contributed by atoms with Crippen LogP contribution in [0.5, 0.6) is 11.5 Å². The Kier molecular flexibility index (Phi) is 4.97. The smallest absolute Gasteiger partial charge is 0.324 e. The average Bonchev–Trinajstić information content (AvgIpc) is 2.92. The van der Waals surface area contributed by atoms with E-state index in [0.717, 1.165) is 0 Å². The minimum atomic E-state index is -0.609. The maximum atomic E-state index is 12.3. The van der Waals surface area contributed by atoms with Crippen molar-refractivity contribution in [2.75, 3.05) is 32.6 Å². The van der Waals surface area contributed by atoms with Crippen molar-refractivity contribution in [1.29, 1.82) is 0 Å². The van der Waals surface area contributed by atoms with E-state index in [1.807, 2.05) is 0 Å². The van der Waals surface area contributed by atoms with E-state index in [1.165, 1.54) is 19.1 Å². The monoisotopic (exact) mass is 327 g/mol. The van der Waals surface area contributed by atoms with E-state index >= 15 is 0 Å². The number of nitrogens with one attached hydrogen (secondary N) is 2. The third kappa shape index (κ3) is 3.19. The first-order chi connectivity index (χ1) is 10.5. The third-order valence-electron chi connectivity index (χ3n) is 3.34. The van der Waals surface area contributed by atoms with E-state index in [9.17, 15) is 9.59 Å².